The molecule has 5 heteroatoms. The predicted octanol–water partition coefficient (Wildman–Crippen LogP) is 3.07. The van der Waals surface area contributed by atoms with E-state index < -0.39 is 5.91 Å². The van der Waals surface area contributed by atoms with Crippen LogP contribution in [0, 0.1) is 0 Å². The van der Waals surface area contributed by atoms with E-state index in [-0.39, 0.29) is 5.54 Å². The molecule has 1 aliphatic heterocycles. The van der Waals surface area contributed by atoms with Gasteiger partial charge in [-0.15, -0.1) is 0 Å². The lowest BCUT2D eigenvalue weighted by Gasteiger charge is -2.32. The van der Waals surface area contributed by atoms with Crippen LogP contribution < -0.4 is 10.2 Å². The summed E-state index contributed by atoms with van der Waals surface area (Å²) in [6, 6.07) is 13.7. The molecule has 0 fully saturated rings. The Morgan fingerprint density at radius 2 is 1.96 bits per heavy atom. The van der Waals surface area contributed by atoms with Gasteiger partial charge in [0.05, 0.1) is 7.11 Å². The van der Waals surface area contributed by atoms with Crippen molar-refractivity contribution in [1.29, 1.82) is 0 Å². The highest BCUT2D eigenvalue weighted by Gasteiger charge is 2.38. The normalized spacial score (nSPS) is 15.8. The second kappa shape index (κ2) is 6.26. The molecule has 1 aliphatic rings. The average molecular weight is 326 g/mol. The fraction of sp³-hybridized carbons (Fsp3) is 0.316. The van der Waals surface area contributed by atoms with Crippen LogP contribution >= 0.6 is 0 Å². The van der Waals surface area contributed by atoms with Gasteiger partial charge in [-0.25, -0.2) is 5.48 Å². The lowest BCUT2D eigenvalue weighted by molar-refractivity contribution is 0.0704. The summed E-state index contributed by atoms with van der Waals surface area (Å²) in [5, 5.41) is 8.98. The van der Waals surface area contributed by atoms with Gasteiger partial charge in [0.25, 0.3) is 5.91 Å². The van der Waals surface area contributed by atoms with E-state index >= 15 is 0 Å². The summed E-state index contributed by atoms with van der Waals surface area (Å²) in [5.74, 6) is 0.374. The molecule has 0 aromatic heterocycles. The van der Waals surface area contributed by atoms with Gasteiger partial charge in [-0.1, -0.05) is 24.3 Å². The maximum absolute atomic E-state index is 11.9. The van der Waals surface area contributed by atoms with Crippen LogP contribution in [0.5, 0.6) is 5.75 Å². The van der Waals surface area contributed by atoms with Crippen molar-refractivity contribution in [3.8, 4) is 5.75 Å². The minimum Gasteiger partial charge on any atom is -0.497 e. The Morgan fingerprint density at radius 1 is 1.25 bits per heavy atom. The minimum absolute atomic E-state index is 0.193. The number of nitrogens with one attached hydrogen (secondary N) is 1. The summed E-state index contributed by atoms with van der Waals surface area (Å²) in [4.78, 5) is 14.3. The molecule has 0 bridgehead atoms. The molecule has 24 heavy (non-hydrogen) atoms. The zero-order valence-corrected chi connectivity index (χ0v) is 14.2. The summed E-state index contributed by atoms with van der Waals surface area (Å²) in [5.41, 5.74) is 5.36. The number of rotatable bonds is 4. The van der Waals surface area contributed by atoms with Gasteiger partial charge < -0.3 is 4.74 Å². The number of carbonyl (C=O) groups excluding carboxylic acids is 1. The maximum Gasteiger partial charge on any atom is 0.274 e. The van der Waals surface area contributed by atoms with Crippen LogP contribution in [0.3, 0.4) is 0 Å². The van der Waals surface area contributed by atoms with Gasteiger partial charge in [0.2, 0.25) is 0 Å². The second-order valence-electron chi connectivity index (χ2n) is 6.54. The Balaban J connectivity index is 1.90. The van der Waals surface area contributed by atoms with Gasteiger partial charge in [-0.05, 0) is 48.7 Å². The van der Waals surface area contributed by atoms with Crippen molar-refractivity contribution in [2.75, 3.05) is 7.11 Å². The molecule has 5 nitrogen and oxygen atoms in total. The molecule has 2 aromatic carbocycles. The first-order valence-corrected chi connectivity index (χ1v) is 7.92. The van der Waals surface area contributed by atoms with E-state index in [9.17, 15) is 4.79 Å². The molecule has 0 atom stereocenters. The highest BCUT2D eigenvalue weighted by Crippen LogP contribution is 2.41. The molecule has 1 amide bonds. The number of hydroxylamine groups is 1. The molecular formula is C19H22N2O3. The maximum atomic E-state index is 11.9. The van der Waals surface area contributed by atoms with Crippen molar-refractivity contribution < 1.29 is 14.7 Å². The monoisotopic (exact) mass is 326 g/mol. The quantitative estimate of drug-likeness (QED) is 0.669. The van der Waals surface area contributed by atoms with E-state index in [1.807, 2.05) is 18.2 Å². The van der Waals surface area contributed by atoms with Crippen molar-refractivity contribution >= 4 is 5.91 Å². The van der Waals surface area contributed by atoms with Crippen LogP contribution in [0.2, 0.25) is 0 Å². The van der Waals surface area contributed by atoms with Gasteiger partial charge >= 0.3 is 0 Å². The third-order valence-electron chi connectivity index (χ3n) is 4.85. The summed E-state index contributed by atoms with van der Waals surface area (Å²) in [6.45, 7) is 5.75. The summed E-state index contributed by atoms with van der Waals surface area (Å²) < 4.78 is 5.20. The van der Waals surface area contributed by atoms with Crippen molar-refractivity contribution in [3.05, 3.63) is 64.7 Å². The Bertz CT molecular complexity index is 754. The minimum atomic E-state index is -0.464. The zero-order chi connectivity index (χ0) is 17.3. The van der Waals surface area contributed by atoms with Crippen LogP contribution in [0.1, 0.15) is 40.9 Å². The fourth-order valence-corrected chi connectivity index (χ4v) is 3.37. The molecule has 1 heterocycles. The van der Waals surface area contributed by atoms with E-state index in [2.05, 4.69) is 36.9 Å². The molecule has 0 spiro atoms. The average Bonchev–Trinajstić information content (AvgIpc) is 2.85. The van der Waals surface area contributed by atoms with Gasteiger partial charge in [-0.3, -0.25) is 14.9 Å². The summed E-state index contributed by atoms with van der Waals surface area (Å²) in [6.07, 6.45) is 0. The Kier molecular flexibility index (Phi) is 4.30. The number of nitrogens with zero attached hydrogens (tertiary/aromatic N) is 1. The molecule has 126 valence electrons. The summed E-state index contributed by atoms with van der Waals surface area (Å²) in [7, 11) is 1.66. The number of hydrogen-bond acceptors (Lipinski definition) is 4. The topological polar surface area (TPSA) is 61.8 Å². The Morgan fingerprint density at radius 3 is 2.58 bits per heavy atom. The lowest BCUT2D eigenvalue weighted by Crippen LogP contribution is -2.34. The third kappa shape index (κ3) is 2.77. The number of amides is 1. The van der Waals surface area contributed by atoms with Gasteiger partial charge in [-0.2, -0.15) is 0 Å². The third-order valence-corrected chi connectivity index (χ3v) is 4.85. The number of ether oxygens (including phenoxy) is 1. The zero-order valence-electron chi connectivity index (χ0n) is 14.2. The number of fused-ring (bicyclic) bond motifs is 1. The predicted molar refractivity (Wildman–Crippen MR) is 91.0 cm³/mol. The molecule has 0 saturated carbocycles. The highest BCUT2D eigenvalue weighted by molar-refractivity contribution is 5.95. The first-order valence-electron chi connectivity index (χ1n) is 7.92. The lowest BCUT2D eigenvalue weighted by atomic mass is 9.91. The molecule has 2 aromatic rings. The highest BCUT2D eigenvalue weighted by atomic mass is 16.5. The molecule has 0 aliphatic carbocycles. The number of carbonyl (C=O) groups is 1. The van der Waals surface area contributed by atoms with Crippen LogP contribution in [0.15, 0.2) is 42.5 Å². The van der Waals surface area contributed by atoms with Crippen molar-refractivity contribution in [3.63, 3.8) is 0 Å². The Labute approximate surface area is 141 Å². The SMILES string of the molecule is COc1ccc(CN2Cc3c(C(=O)NO)cccc3C2(C)C)cc1. The van der Waals surface area contributed by atoms with Crippen LogP contribution in [0.25, 0.3) is 0 Å². The number of hydrogen-bond donors (Lipinski definition) is 2. The van der Waals surface area contributed by atoms with Gasteiger partial charge in [0.1, 0.15) is 5.75 Å². The molecule has 0 saturated heterocycles. The van der Waals surface area contributed by atoms with E-state index in [4.69, 9.17) is 9.94 Å². The van der Waals surface area contributed by atoms with Crippen molar-refractivity contribution in [2.24, 2.45) is 0 Å². The largest absolute Gasteiger partial charge is 0.497 e. The molecule has 0 unspecified atom stereocenters. The number of methoxy groups -OCH3 is 1. The van der Waals surface area contributed by atoms with Crippen LogP contribution in [-0.4, -0.2) is 23.1 Å². The van der Waals surface area contributed by atoms with Gasteiger partial charge in [0.15, 0.2) is 0 Å². The van der Waals surface area contributed by atoms with E-state index in [0.717, 1.165) is 23.4 Å². The fourth-order valence-electron chi connectivity index (χ4n) is 3.37. The van der Waals surface area contributed by atoms with Crippen LogP contribution in [0.4, 0.5) is 0 Å². The smallest absolute Gasteiger partial charge is 0.274 e. The molecule has 2 N–H and O–H groups in total. The van der Waals surface area contributed by atoms with E-state index in [1.165, 1.54) is 5.56 Å². The van der Waals surface area contributed by atoms with Crippen molar-refractivity contribution in [2.45, 2.75) is 32.5 Å². The Hall–Kier alpha value is -2.37. The summed E-state index contributed by atoms with van der Waals surface area (Å²) >= 11 is 0. The standard InChI is InChI=1S/C19H22N2O3/c1-19(2)17-6-4-5-15(18(22)20-23)16(17)12-21(19)11-13-7-9-14(24-3)10-8-13/h4-10,23H,11-12H2,1-3H3,(H,20,22). The molecular weight excluding hydrogens is 304 g/mol. The van der Waals surface area contributed by atoms with Crippen LogP contribution in [-0.2, 0) is 18.6 Å². The van der Waals surface area contributed by atoms with E-state index in [0.29, 0.717) is 12.1 Å². The molecule has 3 rings (SSSR count). The molecule has 0 radical (unpaired) electrons. The van der Waals surface area contributed by atoms with Crippen molar-refractivity contribution in [1.82, 2.24) is 10.4 Å². The van der Waals surface area contributed by atoms with Gasteiger partial charge in [0, 0.05) is 24.2 Å². The van der Waals surface area contributed by atoms with E-state index in [1.54, 1.807) is 18.7 Å². The first kappa shape index (κ1) is 16.5. The number of benzene rings is 2. The second-order valence-corrected chi connectivity index (χ2v) is 6.54. The first-order chi connectivity index (χ1) is 11.5.